The molecule has 0 spiro atoms. The van der Waals surface area contributed by atoms with E-state index in [1.165, 1.54) is 25.5 Å². The number of amides is 4. The van der Waals surface area contributed by atoms with E-state index in [1.54, 1.807) is 60.9 Å². The van der Waals surface area contributed by atoms with Crippen LogP contribution in [0, 0.1) is 23.7 Å². The molecule has 8 rings (SSSR count). The lowest BCUT2D eigenvalue weighted by atomic mass is 9.93. The lowest BCUT2D eigenvalue weighted by Crippen LogP contribution is -2.54. The Bertz CT molecular complexity index is 2920. The number of hydrazine groups is 1. The molecule has 4 aromatic heterocycles. The van der Waals surface area contributed by atoms with Crippen molar-refractivity contribution in [2.75, 3.05) is 96.9 Å². The topological polar surface area (TPSA) is 208 Å². The lowest BCUT2D eigenvalue weighted by molar-refractivity contribution is 0.0398. The number of morpholine rings is 1. The third-order valence-corrected chi connectivity index (χ3v) is 11.8. The Hall–Kier alpha value is -7.84. The maximum absolute atomic E-state index is 14.9. The maximum atomic E-state index is 14.9. The highest BCUT2D eigenvalue weighted by atomic mass is 16.5. The number of hydrogen-bond acceptors (Lipinski definition) is 15. The van der Waals surface area contributed by atoms with Gasteiger partial charge in [-0.15, -0.1) is 0 Å². The van der Waals surface area contributed by atoms with Gasteiger partial charge in [0.1, 0.15) is 35.8 Å². The zero-order valence-corrected chi connectivity index (χ0v) is 41.8. The van der Waals surface area contributed by atoms with Crippen LogP contribution in [0.3, 0.4) is 0 Å². The number of rotatable bonds is 13. The number of carbonyl (C=O) groups excluding carboxylic acids is 2. The Kier molecular flexibility index (Phi) is 16.4. The molecule has 2 fully saturated rings. The quantitative estimate of drug-likeness (QED) is 0.0492. The molecule has 0 bridgehead atoms. The average Bonchev–Trinajstić information content (AvgIpc) is 4.19. The normalized spacial score (nSPS) is 14.1. The Balaban J connectivity index is 1.05. The summed E-state index contributed by atoms with van der Waals surface area (Å²) in [5, 5.41) is 23.5. The zero-order valence-electron chi connectivity index (χ0n) is 41.8. The van der Waals surface area contributed by atoms with Gasteiger partial charge in [-0.3, -0.25) is 4.90 Å². The summed E-state index contributed by atoms with van der Waals surface area (Å²) in [6.45, 7) is 20.6. The van der Waals surface area contributed by atoms with Crippen molar-refractivity contribution in [3.63, 3.8) is 0 Å². The first-order chi connectivity index (χ1) is 34.8. The molecular weight excluding hydrogens is 913 g/mol. The van der Waals surface area contributed by atoms with Crippen molar-refractivity contribution in [3.8, 4) is 23.7 Å². The van der Waals surface area contributed by atoms with E-state index >= 15 is 0 Å². The molecule has 0 saturated carbocycles. The van der Waals surface area contributed by atoms with E-state index in [9.17, 15) is 9.59 Å². The van der Waals surface area contributed by atoms with E-state index in [0.29, 0.717) is 63.3 Å². The fraction of sp³-hybridized carbons (Fsp3) is 0.396. The predicted molar refractivity (Wildman–Crippen MR) is 277 cm³/mol. The summed E-state index contributed by atoms with van der Waals surface area (Å²) in [7, 11) is 0. The number of ether oxygens (including phenoxy) is 1. The van der Waals surface area contributed by atoms with Crippen LogP contribution < -0.4 is 31.3 Å². The van der Waals surface area contributed by atoms with Gasteiger partial charge < -0.3 is 40.0 Å². The highest BCUT2D eigenvalue weighted by Crippen LogP contribution is 2.32. The Morgan fingerprint density at radius 3 is 1.60 bits per heavy atom. The first-order valence-electron chi connectivity index (χ1n) is 24.3. The largest absolute Gasteiger partial charge is 0.379 e. The Labute approximate surface area is 420 Å². The summed E-state index contributed by atoms with van der Waals surface area (Å²) in [5.74, 6) is 15.0. The maximum Gasteiger partial charge on any atom is 0.347 e. The van der Waals surface area contributed by atoms with Gasteiger partial charge in [-0.2, -0.15) is 10.0 Å². The second-order valence-corrected chi connectivity index (χ2v) is 19.5. The molecule has 4 N–H and O–H groups in total. The molecule has 19 heteroatoms. The fourth-order valence-corrected chi connectivity index (χ4v) is 7.81. The number of hydrogen-bond donors (Lipinski definition) is 4. The van der Waals surface area contributed by atoms with E-state index in [0.717, 1.165) is 75.5 Å². The fourth-order valence-electron chi connectivity index (χ4n) is 7.81. The molecule has 72 heavy (non-hydrogen) atoms. The number of likely N-dealkylation sites (tertiary alicyclic amines) is 1. The van der Waals surface area contributed by atoms with Crippen LogP contribution in [-0.2, 0) is 15.6 Å². The molecule has 2 aliphatic rings. The number of aromatic nitrogens is 6. The van der Waals surface area contributed by atoms with Crippen LogP contribution in [0.15, 0.2) is 94.8 Å². The standard InChI is InChI=1S/C53H62N14O5/c1-52(2,3)44-32-46(62-71-44)66(50(68)60-42-14-9-12-38(30-42)16-18-40-34-54-36-58-48(40)56-20-11-24-64-22-7-8-23-64)67(47-33-45(72-63-47)53(4,5)6)51(69)61-43-15-10-13-39(31-43)17-19-41-35-55-37-59-49(41)57-21-25-65-26-28-70-29-27-65/h9-10,12-15,30-37H,7-8,11,20-29H2,1-6H3,(H,60,68)(H,61,69)(H,54,56,58)(H,55,57,59). The van der Waals surface area contributed by atoms with Crippen LogP contribution in [0.4, 0.5) is 44.2 Å². The Morgan fingerprint density at radius 1 is 0.625 bits per heavy atom. The van der Waals surface area contributed by atoms with Crippen LogP contribution in [-0.4, -0.2) is 118 Å². The third kappa shape index (κ3) is 13.7. The number of nitrogens with zero attached hydrogens (tertiary/aromatic N) is 10. The smallest absolute Gasteiger partial charge is 0.347 e. The van der Waals surface area contributed by atoms with Gasteiger partial charge in [0.15, 0.2) is 0 Å². The van der Waals surface area contributed by atoms with Crippen LogP contribution >= 0.6 is 0 Å². The number of carbonyl (C=O) groups is 2. The molecule has 0 unspecified atom stereocenters. The summed E-state index contributed by atoms with van der Waals surface area (Å²) in [6, 6.07) is 15.8. The first kappa shape index (κ1) is 50.5. The third-order valence-electron chi connectivity index (χ3n) is 11.8. The van der Waals surface area contributed by atoms with Crippen LogP contribution in [0.25, 0.3) is 0 Å². The van der Waals surface area contributed by atoms with E-state index in [-0.39, 0.29) is 11.6 Å². The van der Waals surface area contributed by atoms with Crippen molar-refractivity contribution in [1.29, 1.82) is 0 Å². The second kappa shape index (κ2) is 23.4. The van der Waals surface area contributed by atoms with Crippen LogP contribution in [0.2, 0.25) is 0 Å². The lowest BCUT2D eigenvalue weighted by Gasteiger charge is -2.30. The Morgan fingerprint density at radius 2 is 1.11 bits per heavy atom. The second-order valence-electron chi connectivity index (χ2n) is 19.5. The van der Waals surface area contributed by atoms with E-state index in [4.69, 9.17) is 13.8 Å². The van der Waals surface area contributed by atoms with Gasteiger partial charge in [0.25, 0.3) is 0 Å². The summed E-state index contributed by atoms with van der Waals surface area (Å²) in [6.07, 6.45) is 9.82. The number of urea groups is 2. The van der Waals surface area contributed by atoms with E-state index in [2.05, 4.69) is 85.0 Å². The molecule has 6 aromatic rings. The summed E-state index contributed by atoms with van der Waals surface area (Å²) in [4.78, 5) is 51.9. The van der Waals surface area contributed by atoms with Crippen LogP contribution in [0.1, 0.15) is 94.6 Å². The van der Waals surface area contributed by atoms with Gasteiger partial charge in [0, 0.05) is 90.6 Å². The summed E-state index contributed by atoms with van der Waals surface area (Å²) >= 11 is 0. The van der Waals surface area contributed by atoms with Gasteiger partial charge in [0.05, 0.1) is 24.3 Å². The molecule has 4 amide bonds. The SMILES string of the molecule is CC(C)(C)c1cc(N(C(=O)Nc2cccc(C#Cc3cncnc3NCCCN3CCCC3)c2)N(C(=O)Nc2cccc(C#Cc3cncnc3NCCN3CCOCC3)c2)c2cc(C(C)(C)C)on2)no1. The predicted octanol–water partition coefficient (Wildman–Crippen LogP) is 7.97. The van der Waals surface area contributed by atoms with Gasteiger partial charge in [-0.1, -0.05) is 87.7 Å². The molecule has 6 heterocycles. The molecule has 374 valence electrons. The molecular formula is C53H62N14O5. The number of benzene rings is 2. The monoisotopic (exact) mass is 975 g/mol. The van der Waals surface area contributed by atoms with Crippen molar-refractivity contribution in [3.05, 3.63) is 119 Å². The van der Waals surface area contributed by atoms with Crippen molar-refractivity contribution in [1.82, 2.24) is 40.0 Å². The molecule has 2 aromatic carbocycles. The van der Waals surface area contributed by atoms with Gasteiger partial charge in [0.2, 0.25) is 11.6 Å². The zero-order chi connectivity index (χ0) is 50.5. The summed E-state index contributed by atoms with van der Waals surface area (Å²) < 4.78 is 17.1. The van der Waals surface area contributed by atoms with Gasteiger partial charge in [-0.25, -0.2) is 29.5 Å². The molecule has 2 aliphatic heterocycles. The average molecular weight is 975 g/mol. The van der Waals surface area contributed by atoms with Crippen molar-refractivity contribution < 1.29 is 23.4 Å². The highest BCUT2D eigenvalue weighted by molar-refractivity contribution is 6.12. The minimum absolute atomic E-state index is 0.00622. The van der Waals surface area contributed by atoms with Crippen molar-refractivity contribution in [2.24, 2.45) is 0 Å². The first-order valence-corrected chi connectivity index (χ1v) is 24.3. The van der Waals surface area contributed by atoms with Crippen molar-refractivity contribution >= 4 is 46.7 Å². The number of nitrogens with one attached hydrogen (secondary N) is 4. The van der Waals surface area contributed by atoms with Gasteiger partial charge in [-0.05, 0) is 75.3 Å². The van der Waals surface area contributed by atoms with Crippen LogP contribution in [0.5, 0.6) is 0 Å². The molecule has 0 atom stereocenters. The molecule has 0 aliphatic carbocycles. The minimum Gasteiger partial charge on any atom is -0.379 e. The summed E-state index contributed by atoms with van der Waals surface area (Å²) in [5.41, 5.74) is 2.25. The minimum atomic E-state index is -0.766. The van der Waals surface area contributed by atoms with Gasteiger partial charge >= 0.3 is 12.1 Å². The molecule has 19 nitrogen and oxygen atoms in total. The van der Waals surface area contributed by atoms with E-state index < -0.39 is 22.9 Å². The molecule has 0 radical (unpaired) electrons. The molecule has 2 saturated heterocycles. The van der Waals surface area contributed by atoms with E-state index in [1.807, 2.05) is 53.7 Å². The van der Waals surface area contributed by atoms with Crippen molar-refractivity contribution in [2.45, 2.75) is 71.6 Å². The highest BCUT2D eigenvalue weighted by Gasteiger charge is 2.37. The number of anilines is 6.